The molecule has 2 rings (SSSR count). The van der Waals surface area contributed by atoms with Crippen LogP contribution in [0.5, 0.6) is 0 Å². The summed E-state index contributed by atoms with van der Waals surface area (Å²) in [6.07, 6.45) is 1.32. The molecule has 4 heteroatoms. The summed E-state index contributed by atoms with van der Waals surface area (Å²) in [4.78, 5) is 11.9. The van der Waals surface area contributed by atoms with Gasteiger partial charge in [0.05, 0.1) is 0 Å². The van der Waals surface area contributed by atoms with Gasteiger partial charge < -0.3 is 15.7 Å². The molecule has 1 heterocycles. The van der Waals surface area contributed by atoms with Crippen LogP contribution < -0.4 is 10.6 Å². The van der Waals surface area contributed by atoms with E-state index in [1.165, 1.54) is 5.56 Å². The third-order valence-electron chi connectivity index (χ3n) is 3.04. The SMILES string of the molecule is CC(CCO)NC(=O)C1Cc2ccccc2N1. The first-order valence-electron chi connectivity index (χ1n) is 5.96. The minimum Gasteiger partial charge on any atom is -0.396 e. The molecule has 0 bridgehead atoms. The van der Waals surface area contributed by atoms with Crippen LogP contribution in [0.15, 0.2) is 24.3 Å². The normalized spacial score (nSPS) is 19.3. The largest absolute Gasteiger partial charge is 0.396 e. The van der Waals surface area contributed by atoms with Crippen molar-refractivity contribution in [3.63, 3.8) is 0 Å². The number of carbonyl (C=O) groups excluding carboxylic acids is 1. The van der Waals surface area contributed by atoms with Gasteiger partial charge in [0, 0.05) is 24.8 Å². The zero-order valence-corrected chi connectivity index (χ0v) is 9.94. The second-order valence-corrected chi connectivity index (χ2v) is 4.48. The van der Waals surface area contributed by atoms with E-state index in [0.29, 0.717) is 6.42 Å². The van der Waals surface area contributed by atoms with Crippen molar-refractivity contribution in [1.82, 2.24) is 5.32 Å². The minimum absolute atomic E-state index is 0.00199. The van der Waals surface area contributed by atoms with Crippen LogP contribution in [0.1, 0.15) is 18.9 Å². The summed E-state index contributed by atoms with van der Waals surface area (Å²) in [7, 11) is 0. The van der Waals surface area contributed by atoms with Gasteiger partial charge in [-0.15, -0.1) is 0 Å². The van der Waals surface area contributed by atoms with Gasteiger partial charge in [-0.3, -0.25) is 4.79 Å². The van der Waals surface area contributed by atoms with Crippen LogP contribution >= 0.6 is 0 Å². The Balaban J connectivity index is 1.92. The topological polar surface area (TPSA) is 61.4 Å². The van der Waals surface area contributed by atoms with Crippen molar-refractivity contribution in [3.05, 3.63) is 29.8 Å². The Labute approximate surface area is 101 Å². The Bertz CT molecular complexity index is 381. The number of amides is 1. The fraction of sp³-hybridized carbons (Fsp3) is 0.462. The highest BCUT2D eigenvalue weighted by Crippen LogP contribution is 2.25. The number of anilines is 1. The van der Waals surface area contributed by atoms with Crippen LogP contribution in [0.3, 0.4) is 0 Å². The summed E-state index contributed by atoms with van der Waals surface area (Å²) in [5, 5.41) is 14.9. The first kappa shape index (κ1) is 11.9. The molecule has 17 heavy (non-hydrogen) atoms. The van der Waals surface area contributed by atoms with Gasteiger partial charge in [-0.2, -0.15) is 0 Å². The van der Waals surface area contributed by atoms with Crippen molar-refractivity contribution in [2.75, 3.05) is 11.9 Å². The Morgan fingerprint density at radius 3 is 3.06 bits per heavy atom. The second-order valence-electron chi connectivity index (χ2n) is 4.48. The Kier molecular flexibility index (Phi) is 3.64. The molecule has 1 aromatic carbocycles. The first-order valence-corrected chi connectivity index (χ1v) is 5.96. The average Bonchev–Trinajstić information content (AvgIpc) is 2.72. The third kappa shape index (κ3) is 2.77. The van der Waals surface area contributed by atoms with Gasteiger partial charge in [0.25, 0.3) is 0 Å². The molecule has 0 fully saturated rings. The highest BCUT2D eigenvalue weighted by atomic mass is 16.3. The summed E-state index contributed by atoms with van der Waals surface area (Å²) in [5.74, 6) is 0.00199. The lowest BCUT2D eigenvalue weighted by molar-refractivity contribution is -0.122. The van der Waals surface area contributed by atoms with Gasteiger partial charge in [0.2, 0.25) is 5.91 Å². The maximum Gasteiger partial charge on any atom is 0.243 e. The molecule has 2 unspecified atom stereocenters. The molecule has 0 spiro atoms. The van der Waals surface area contributed by atoms with Gasteiger partial charge in [-0.05, 0) is 25.0 Å². The molecule has 0 saturated carbocycles. The van der Waals surface area contributed by atoms with Gasteiger partial charge in [0.15, 0.2) is 0 Å². The van der Waals surface area contributed by atoms with E-state index in [-0.39, 0.29) is 24.6 Å². The van der Waals surface area contributed by atoms with Crippen molar-refractivity contribution in [3.8, 4) is 0 Å². The predicted molar refractivity (Wildman–Crippen MR) is 66.9 cm³/mol. The molecular weight excluding hydrogens is 216 g/mol. The lowest BCUT2D eigenvalue weighted by Gasteiger charge is -2.16. The molecule has 1 aliphatic rings. The monoisotopic (exact) mass is 234 g/mol. The number of rotatable bonds is 4. The molecule has 3 N–H and O–H groups in total. The highest BCUT2D eigenvalue weighted by molar-refractivity contribution is 5.87. The van der Waals surface area contributed by atoms with Gasteiger partial charge in [-0.1, -0.05) is 18.2 Å². The third-order valence-corrected chi connectivity index (χ3v) is 3.04. The molecule has 0 radical (unpaired) electrons. The number of nitrogens with one attached hydrogen (secondary N) is 2. The summed E-state index contributed by atoms with van der Waals surface area (Å²) >= 11 is 0. The fourth-order valence-electron chi connectivity index (χ4n) is 2.07. The number of aliphatic hydroxyl groups is 1. The summed E-state index contributed by atoms with van der Waals surface area (Å²) in [5.41, 5.74) is 2.23. The molecule has 1 amide bonds. The molecule has 92 valence electrons. The van der Waals surface area contributed by atoms with Crippen LogP contribution in [0.2, 0.25) is 0 Å². The van der Waals surface area contributed by atoms with E-state index in [0.717, 1.165) is 12.1 Å². The smallest absolute Gasteiger partial charge is 0.243 e. The highest BCUT2D eigenvalue weighted by Gasteiger charge is 2.26. The second kappa shape index (κ2) is 5.19. The standard InChI is InChI=1S/C13H18N2O2/c1-9(6-7-16)14-13(17)12-8-10-4-2-3-5-11(10)15-12/h2-5,9,12,15-16H,6-8H2,1H3,(H,14,17). The summed E-state index contributed by atoms with van der Waals surface area (Å²) in [6.45, 7) is 2.00. The lowest BCUT2D eigenvalue weighted by Crippen LogP contribution is -2.43. The Hall–Kier alpha value is -1.55. The van der Waals surface area contributed by atoms with Crippen molar-refractivity contribution >= 4 is 11.6 Å². The van der Waals surface area contributed by atoms with E-state index in [1.807, 2.05) is 31.2 Å². The molecule has 2 atom stereocenters. The number of benzene rings is 1. The first-order chi connectivity index (χ1) is 8.20. The van der Waals surface area contributed by atoms with Gasteiger partial charge in [0.1, 0.15) is 6.04 Å². The number of hydrogen-bond donors (Lipinski definition) is 3. The zero-order chi connectivity index (χ0) is 12.3. The number of aliphatic hydroxyl groups excluding tert-OH is 1. The molecule has 0 aliphatic carbocycles. The number of fused-ring (bicyclic) bond motifs is 1. The maximum absolute atomic E-state index is 11.9. The molecule has 0 saturated heterocycles. The van der Waals surface area contributed by atoms with Crippen LogP contribution in [0.4, 0.5) is 5.69 Å². The number of carbonyl (C=O) groups is 1. The quantitative estimate of drug-likeness (QED) is 0.725. The minimum atomic E-state index is -0.187. The molecule has 1 aromatic rings. The van der Waals surface area contributed by atoms with Crippen LogP contribution in [-0.4, -0.2) is 29.7 Å². The van der Waals surface area contributed by atoms with Crippen LogP contribution in [0, 0.1) is 0 Å². The molecule has 4 nitrogen and oxygen atoms in total. The Morgan fingerprint density at radius 1 is 1.59 bits per heavy atom. The van der Waals surface area contributed by atoms with Crippen molar-refractivity contribution in [1.29, 1.82) is 0 Å². The average molecular weight is 234 g/mol. The van der Waals surface area contributed by atoms with E-state index in [9.17, 15) is 4.79 Å². The van der Waals surface area contributed by atoms with Crippen molar-refractivity contribution in [2.24, 2.45) is 0 Å². The van der Waals surface area contributed by atoms with Gasteiger partial charge in [-0.25, -0.2) is 0 Å². The van der Waals surface area contributed by atoms with Crippen LogP contribution in [0.25, 0.3) is 0 Å². The van der Waals surface area contributed by atoms with Crippen molar-refractivity contribution < 1.29 is 9.90 Å². The molecule has 1 aliphatic heterocycles. The lowest BCUT2D eigenvalue weighted by atomic mass is 10.1. The van der Waals surface area contributed by atoms with E-state index < -0.39 is 0 Å². The van der Waals surface area contributed by atoms with Crippen molar-refractivity contribution in [2.45, 2.75) is 31.8 Å². The fourth-order valence-corrected chi connectivity index (χ4v) is 2.07. The summed E-state index contributed by atoms with van der Waals surface area (Å²) < 4.78 is 0. The number of hydrogen-bond acceptors (Lipinski definition) is 3. The van der Waals surface area contributed by atoms with E-state index in [4.69, 9.17) is 5.11 Å². The Morgan fingerprint density at radius 2 is 2.35 bits per heavy atom. The number of para-hydroxylation sites is 1. The van der Waals surface area contributed by atoms with Gasteiger partial charge >= 0.3 is 0 Å². The zero-order valence-electron chi connectivity index (χ0n) is 9.94. The van der Waals surface area contributed by atoms with Crippen LogP contribution in [-0.2, 0) is 11.2 Å². The maximum atomic E-state index is 11.9. The summed E-state index contributed by atoms with van der Waals surface area (Å²) in [6, 6.07) is 7.79. The van der Waals surface area contributed by atoms with E-state index >= 15 is 0 Å². The van der Waals surface area contributed by atoms with E-state index in [2.05, 4.69) is 10.6 Å². The molecule has 0 aromatic heterocycles. The van der Waals surface area contributed by atoms with E-state index in [1.54, 1.807) is 0 Å². The predicted octanol–water partition coefficient (Wildman–Crippen LogP) is 0.910. The molecular formula is C13H18N2O2.